The number of methoxy groups -OCH3 is 3. The van der Waals surface area contributed by atoms with Gasteiger partial charge in [0.15, 0.2) is 11.5 Å². The van der Waals surface area contributed by atoms with Gasteiger partial charge in [-0.05, 0) is 25.0 Å². The number of hydrogen-bond donors (Lipinski definition) is 1. The molecule has 27 heavy (non-hydrogen) atoms. The molecule has 0 bridgehead atoms. The average Bonchev–Trinajstić information content (AvgIpc) is 3.18. The lowest BCUT2D eigenvalue weighted by molar-refractivity contribution is -0.130. The number of benzene rings is 1. The molecule has 8 nitrogen and oxygen atoms in total. The molecule has 0 aliphatic carbocycles. The van der Waals surface area contributed by atoms with Crippen LogP contribution in [0.1, 0.15) is 30.1 Å². The second-order valence-corrected chi connectivity index (χ2v) is 6.27. The molecule has 1 atom stereocenters. The standard InChI is InChI=1S/C19H28N2O6/c1-13(22)21(12-15-6-5-9-27-15)8-7-20-19(23)14-10-16(24-2)18(26-4)17(11-14)25-3/h10-11,15H,5-9,12H2,1-4H3,(H,20,23). The molecule has 1 aliphatic heterocycles. The Kier molecular flexibility index (Phi) is 7.72. The van der Waals surface area contributed by atoms with Crippen molar-refractivity contribution in [1.82, 2.24) is 10.2 Å². The highest BCUT2D eigenvalue weighted by molar-refractivity contribution is 5.95. The van der Waals surface area contributed by atoms with Crippen LogP contribution in [0.15, 0.2) is 12.1 Å². The van der Waals surface area contributed by atoms with Crippen LogP contribution < -0.4 is 19.5 Å². The van der Waals surface area contributed by atoms with Crippen LogP contribution in [0.3, 0.4) is 0 Å². The first kappa shape index (κ1) is 20.8. The van der Waals surface area contributed by atoms with Crippen LogP contribution in [0.5, 0.6) is 17.2 Å². The van der Waals surface area contributed by atoms with E-state index in [1.54, 1.807) is 17.0 Å². The number of nitrogens with zero attached hydrogens (tertiary/aromatic N) is 1. The average molecular weight is 380 g/mol. The molecule has 0 radical (unpaired) electrons. The Hall–Kier alpha value is -2.48. The summed E-state index contributed by atoms with van der Waals surface area (Å²) in [5, 5.41) is 2.82. The number of carbonyl (C=O) groups excluding carboxylic acids is 2. The van der Waals surface area contributed by atoms with Gasteiger partial charge in [0.1, 0.15) is 0 Å². The fraction of sp³-hybridized carbons (Fsp3) is 0.579. The first-order valence-electron chi connectivity index (χ1n) is 8.95. The van der Waals surface area contributed by atoms with Gasteiger partial charge in [-0.15, -0.1) is 0 Å². The molecule has 0 aromatic heterocycles. The maximum Gasteiger partial charge on any atom is 0.251 e. The smallest absolute Gasteiger partial charge is 0.251 e. The summed E-state index contributed by atoms with van der Waals surface area (Å²) in [7, 11) is 4.49. The van der Waals surface area contributed by atoms with E-state index in [0.717, 1.165) is 19.4 Å². The molecule has 150 valence electrons. The number of nitrogens with one attached hydrogen (secondary N) is 1. The summed E-state index contributed by atoms with van der Waals surface area (Å²) < 4.78 is 21.4. The normalized spacial score (nSPS) is 15.9. The molecule has 1 N–H and O–H groups in total. The fourth-order valence-electron chi connectivity index (χ4n) is 3.03. The van der Waals surface area contributed by atoms with Crippen LogP contribution in [0.4, 0.5) is 0 Å². The van der Waals surface area contributed by atoms with E-state index in [-0.39, 0.29) is 17.9 Å². The molecule has 1 heterocycles. The Morgan fingerprint density at radius 2 is 1.85 bits per heavy atom. The summed E-state index contributed by atoms with van der Waals surface area (Å²) in [6.07, 6.45) is 2.07. The lowest BCUT2D eigenvalue weighted by atomic mass is 10.1. The van der Waals surface area contributed by atoms with E-state index in [2.05, 4.69) is 5.32 Å². The van der Waals surface area contributed by atoms with Crippen molar-refractivity contribution in [2.24, 2.45) is 0 Å². The molecule has 1 aliphatic rings. The Labute approximate surface area is 159 Å². The van der Waals surface area contributed by atoms with Gasteiger partial charge in [0.05, 0.1) is 27.4 Å². The molecule has 2 rings (SSSR count). The predicted octanol–water partition coefficient (Wildman–Crippen LogP) is 1.47. The molecular weight excluding hydrogens is 352 g/mol. The molecule has 1 aromatic rings. The third-order valence-corrected chi connectivity index (χ3v) is 4.49. The number of rotatable bonds is 9. The van der Waals surface area contributed by atoms with Crippen LogP contribution in [-0.2, 0) is 9.53 Å². The summed E-state index contributed by atoms with van der Waals surface area (Å²) in [5.74, 6) is 0.926. The number of carbonyl (C=O) groups is 2. The zero-order valence-corrected chi connectivity index (χ0v) is 16.4. The molecule has 0 saturated carbocycles. The third-order valence-electron chi connectivity index (χ3n) is 4.49. The van der Waals surface area contributed by atoms with Crippen LogP contribution in [-0.4, -0.2) is 70.4 Å². The van der Waals surface area contributed by atoms with Crippen molar-refractivity contribution in [1.29, 1.82) is 0 Å². The van der Waals surface area contributed by atoms with Gasteiger partial charge in [0.2, 0.25) is 11.7 Å². The van der Waals surface area contributed by atoms with Gasteiger partial charge in [-0.25, -0.2) is 0 Å². The zero-order valence-electron chi connectivity index (χ0n) is 16.4. The highest BCUT2D eigenvalue weighted by atomic mass is 16.5. The minimum absolute atomic E-state index is 0.0347. The van der Waals surface area contributed by atoms with Crippen molar-refractivity contribution in [2.45, 2.75) is 25.9 Å². The molecule has 1 unspecified atom stereocenters. The van der Waals surface area contributed by atoms with E-state index in [4.69, 9.17) is 18.9 Å². The fourth-order valence-corrected chi connectivity index (χ4v) is 3.03. The SMILES string of the molecule is COc1cc(C(=O)NCCN(CC2CCCO2)C(C)=O)cc(OC)c1OC. The zero-order chi connectivity index (χ0) is 19.8. The lowest BCUT2D eigenvalue weighted by Crippen LogP contribution is -2.41. The maximum absolute atomic E-state index is 12.5. The van der Waals surface area contributed by atoms with Gasteiger partial charge in [-0.1, -0.05) is 0 Å². The van der Waals surface area contributed by atoms with Crippen molar-refractivity contribution < 1.29 is 28.5 Å². The summed E-state index contributed by atoms with van der Waals surface area (Å²) in [5.41, 5.74) is 0.387. The monoisotopic (exact) mass is 380 g/mol. The van der Waals surface area contributed by atoms with Gasteiger partial charge in [0.25, 0.3) is 5.91 Å². The van der Waals surface area contributed by atoms with Crippen molar-refractivity contribution >= 4 is 11.8 Å². The van der Waals surface area contributed by atoms with Gasteiger partial charge in [-0.3, -0.25) is 9.59 Å². The third kappa shape index (κ3) is 5.50. The topological polar surface area (TPSA) is 86.3 Å². The van der Waals surface area contributed by atoms with Crippen LogP contribution in [0.2, 0.25) is 0 Å². The summed E-state index contributed by atoms with van der Waals surface area (Å²) in [6, 6.07) is 3.18. The number of hydrogen-bond acceptors (Lipinski definition) is 6. The van der Waals surface area contributed by atoms with E-state index in [1.165, 1.54) is 28.3 Å². The molecule has 2 amide bonds. The van der Waals surface area contributed by atoms with Crippen molar-refractivity contribution in [3.8, 4) is 17.2 Å². The minimum Gasteiger partial charge on any atom is -0.493 e. The van der Waals surface area contributed by atoms with Crippen LogP contribution in [0, 0.1) is 0 Å². The van der Waals surface area contributed by atoms with Gasteiger partial charge >= 0.3 is 0 Å². The Morgan fingerprint density at radius 1 is 1.19 bits per heavy atom. The summed E-state index contributed by atoms with van der Waals surface area (Å²) in [6.45, 7) is 3.58. The van der Waals surface area contributed by atoms with Gasteiger partial charge < -0.3 is 29.2 Å². The first-order valence-corrected chi connectivity index (χ1v) is 8.95. The van der Waals surface area contributed by atoms with Crippen LogP contribution in [0.25, 0.3) is 0 Å². The Bertz CT molecular complexity index is 633. The molecular formula is C19H28N2O6. The number of ether oxygens (including phenoxy) is 4. The maximum atomic E-state index is 12.5. The molecule has 1 saturated heterocycles. The second kappa shape index (κ2) is 10.0. The second-order valence-electron chi connectivity index (χ2n) is 6.27. The highest BCUT2D eigenvalue weighted by Crippen LogP contribution is 2.38. The van der Waals surface area contributed by atoms with Crippen LogP contribution >= 0.6 is 0 Å². The van der Waals surface area contributed by atoms with Crippen molar-refractivity contribution in [2.75, 3.05) is 47.6 Å². The molecule has 0 spiro atoms. The molecule has 8 heteroatoms. The molecule has 1 fully saturated rings. The van der Waals surface area contributed by atoms with E-state index in [9.17, 15) is 9.59 Å². The largest absolute Gasteiger partial charge is 0.493 e. The minimum atomic E-state index is -0.283. The number of amides is 2. The predicted molar refractivity (Wildman–Crippen MR) is 99.7 cm³/mol. The van der Waals surface area contributed by atoms with Crippen molar-refractivity contribution in [3.05, 3.63) is 17.7 Å². The van der Waals surface area contributed by atoms with E-state index < -0.39 is 0 Å². The highest BCUT2D eigenvalue weighted by Gasteiger charge is 2.21. The van der Waals surface area contributed by atoms with E-state index in [1.807, 2.05) is 0 Å². The molecule has 1 aromatic carbocycles. The van der Waals surface area contributed by atoms with Crippen molar-refractivity contribution in [3.63, 3.8) is 0 Å². The Balaban J connectivity index is 1.96. The first-order chi connectivity index (χ1) is 13.0. The lowest BCUT2D eigenvalue weighted by Gasteiger charge is -2.24. The summed E-state index contributed by atoms with van der Waals surface area (Å²) in [4.78, 5) is 26.0. The van der Waals surface area contributed by atoms with E-state index in [0.29, 0.717) is 42.4 Å². The van der Waals surface area contributed by atoms with E-state index >= 15 is 0 Å². The van der Waals surface area contributed by atoms with Gasteiger partial charge in [-0.2, -0.15) is 0 Å². The summed E-state index contributed by atoms with van der Waals surface area (Å²) >= 11 is 0. The van der Waals surface area contributed by atoms with Gasteiger partial charge in [0, 0.05) is 38.7 Å². The Morgan fingerprint density at radius 3 is 2.33 bits per heavy atom. The quantitative estimate of drug-likeness (QED) is 0.698.